The second-order valence-corrected chi connectivity index (χ2v) is 9.12. The highest BCUT2D eigenvalue weighted by molar-refractivity contribution is 7.09. The van der Waals surface area contributed by atoms with Crippen molar-refractivity contribution in [2.75, 3.05) is 37.6 Å². The van der Waals surface area contributed by atoms with Crippen LogP contribution in [0.2, 0.25) is 0 Å². The van der Waals surface area contributed by atoms with Crippen LogP contribution in [0.4, 0.5) is 5.69 Å². The van der Waals surface area contributed by atoms with E-state index in [1.54, 1.807) is 12.3 Å². The molecule has 1 unspecified atom stereocenters. The number of piperazine rings is 1. The van der Waals surface area contributed by atoms with Crippen LogP contribution in [0.1, 0.15) is 65.4 Å². The largest absolute Gasteiger partial charge is 0.368 e. The standard InChI is InChI=1S/C23H30N4O2S/c1-4-17(5-2)15-25-10-12-26(13-11-25)19-8-6-7-18-20(19)23(29)27(22(18)28)16(3)21-24-9-14-30-21/h6-9,14,16-17H,4-5,10-13,15H2,1-3H3. The number of thiazole rings is 1. The molecule has 0 spiro atoms. The Hall–Kier alpha value is -2.25. The smallest absolute Gasteiger partial charge is 0.264 e. The molecule has 7 heteroatoms. The third-order valence-corrected chi connectivity index (χ3v) is 7.45. The second-order valence-electron chi connectivity index (χ2n) is 8.20. The monoisotopic (exact) mass is 426 g/mol. The van der Waals surface area contributed by atoms with Crippen molar-refractivity contribution < 1.29 is 9.59 Å². The van der Waals surface area contributed by atoms with Gasteiger partial charge in [0.2, 0.25) is 0 Å². The van der Waals surface area contributed by atoms with E-state index in [0.29, 0.717) is 11.1 Å². The Morgan fingerprint density at radius 3 is 2.43 bits per heavy atom. The van der Waals surface area contributed by atoms with E-state index in [1.807, 2.05) is 24.4 Å². The average Bonchev–Trinajstić information content (AvgIpc) is 3.40. The molecule has 1 aromatic heterocycles. The minimum Gasteiger partial charge on any atom is -0.368 e. The van der Waals surface area contributed by atoms with Crippen LogP contribution in [0.5, 0.6) is 0 Å². The van der Waals surface area contributed by atoms with Crippen molar-refractivity contribution >= 4 is 28.8 Å². The summed E-state index contributed by atoms with van der Waals surface area (Å²) in [6, 6.07) is 5.30. The Morgan fingerprint density at radius 1 is 1.07 bits per heavy atom. The Bertz CT molecular complexity index is 902. The van der Waals surface area contributed by atoms with Crippen LogP contribution >= 0.6 is 11.3 Å². The number of imide groups is 1. The second kappa shape index (κ2) is 8.86. The molecule has 0 saturated carbocycles. The molecule has 2 aliphatic heterocycles. The summed E-state index contributed by atoms with van der Waals surface area (Å²) in [7, 11) is 0. The van der Waals surface area contributed by atoms with Gasteiger partial charge in [0.25, 0.3) is 11.8 Å². The maximum atomic E-state index is 13.3. The fraction of sp³-hybridized carbons (Fsp3) is 0.522. The first-order chi connectivity index (χ1) is 14.5. The number of carbonyl (C=O) groups is 2. The quantitative estimate of drug-likeness (QED) is 0.625. The molecule has 0 bridgehead atoms. The number of carbonyl (C=O) groups excluding carboxylic acids is 2. The molecular formula is C23H30N4O2S. The van der Waals surface area contributed by atoms with Gasteiger partial charge in [0.15, 0.2) is 0 Å². The minimum absolute atomic E-state index is 0.201. The molecule has 30 heavy (non-hydrogen) atoms. The Labute approximate surface area is 182 Å². The lowest BCUT2D eigenvalue weighted by Gasteiger charge is -2.38. The van der Waals surface area contributed by atoms with Crippen LogP contribution < -0.4 is 4.90 Å². The van der Waals surface area contributed by atoms with Crippen LogP contribution in [0.25, 0.3) is 0 Å². The average molecular weight is 427 g/mol. The number of fused-ring (bicyclic) bond motifs is 1. The van der Waals surface area contributed by atoms with Crippen LogP contribution in [0, 0.1) is 5.92 Å². The van der Waals surface area contributed by atoms with E-state index in [1.165, 1.54) is 29.1 Å². The van der Waals surface area contributed by atoms with Crippen molar-refractivity contribution in [2.24, 2.45) is 5.92 Å². The van der Waals surface area contributed by atoms with Gasteiger partial charge in [-0.05, 0) is 25.0 Å². The summed E-state index contributed by atoms with van der Waals surface area (Å²) in [5.41, 5.74) is 1.96. The third kappa shape index (κ3) is 3.76. The van der Waals surface area contributed by atoms with Crippen LogP contribution in [0.3, 0.4) is 0 Å². The van der Waals surface area contributed by atoms with Gasteiger partial charge in [-0.25, -0.2) is 4.98 Å². The van der Waals surface area contributed by atoms with Crippen molar-refractivity contribution in [3.8, 4) is 0 Å². The predicted molar refractivity (Wildman–Crippen MR) is 120 cm³/mol. The highest BCUT2D eigenvalue weighted by atomic mass is 32.1. The summed E-state index contributed by atoms with van der Waals surface area (Å²) in [5.74, 6) is 0.331. The van der Waals surface area contributed by atoms with Gasteiger partial charge in [0.1, 0.15) is 5.01 Å². The van der Waals surface area contributed by atoms with Crippen molar-refractivity contribution in [3.05, 3.63) is 45.9 Å². The predicted octanol–water partition coefficient (Wildman–Crippen LogP) is 4.06. The van der Waals surface area contributed by atoms with Crippen LogP contribution in [-0.2, 0) is 0 Å². The van der Waals surface area contributed by atoms with Gasteiger partial charge in [0, 0.05) is 44.3 Å². The summed E-state index contributed by atoms with van der Waals surface area (Å²) >= 11 is 1.47. The fourth-order valence-electron chi connectivity index (χ4n) is 4.54. The van der Waals surface area contributed by atoms with E-state index >= 15 is 0 Å². The first kappa shape index (κ1) is 21.0. The number of nitrogens with zero attached hydrogens (tertiary/aromatic N) is 4. The third-order valence-electron chi connectivity index (χ3n) is 6.50. The highest BCUT2D eigenvalue weighted by Crippen LogP contribution is 2.37. The molecule has 2 aromatic rings. The number of benzene rings is 1. The molecule has 4 rings (SSSR count). The Balaban J connectivity index is 1.53. The lowest BCUT2D eigenvalue weighted by atomic mass is 10.0. The molecule has 0 N–H and O–H groups in total. The zero-order chi connectivity index (χ0) is 21.3. The maximum absolute atomic E-state index is 13.3. The molecule has 6 nitrogen and oxygen atoms in total. The molecule has 3 heterocycles. The van der Waals surface area contributed by atoms with Gasteiger partial charge < -0.3 is 4.90 Å². The molecule has 1 fully saturated rings. The lowest BCUT2D eigenvalue weighted by molar-refractivity contribution is 0.0595. The molecule has 160 valence electrons. The van der Waals surface area contributed by atoms with Gasteiger partial charge in [0.05, 0.1) is 22.9 Å². The summed E-state index contributed by atoms with van der Waals surface area (Å²) in [5, 5.41) is 2.65. The number of aromatic nitrogens is 1. The molecule has 0 aliphatic carbocycles. The maximum Gasteiger partial charge on any atom is 0.264 e. The fourth-order valence-corrected chi connectivity index (χ4v) is 5.22. The summed E-state index contributed by atoms with van der Waals surface area (Å²) in [6.45, 7) is 11.3. The van der Waals surface area contributed by atoms with E-state index in [2.05, 4.69) is 28.6 Å². The number of hydrogen-bond acceptors (Lipinski definition) is 6. The van der Waals surface area contributed by atoms with E-state index in [0.717, 1.165) is 49.3 Å². The zero-order valence-electron chi connectivity index (χ0n) is 18.0. The highest BCUT2D eigenvalue weighted by Gasteiger charge is 2.42. The first-order valence-electron chi connectivity index (χ1n) is 10.9. The van der Waals surface area contributed by atoms with Gasteiger partial charge in [-0.1, -0.05) is 32.8 Å². The molecular weight excluding hydrogens is 396 g/mol. The molecule has 0 radical (unpaired) electrons. The minimum atomic E-state index is -0.359. The molecule has 1 saturated heterocycles. The van der Waals surface area contributed by atoms with Gasteiger partial charge in [-0.3, -0.25) is 19.4 Å². The van der Waals surface area contributed by atoms with E-state index in [9.17, 15) is 9.59 Å². The number of amides is 2. The number of hydrogen-bond donors (Lipinski definition) is 0. The summed E-state index contributed by atoms with van der Waals surface area (Å²) in [6.07, 6.45) is 4.14. The molecule has 2 aliphatic rings. The summed E-state index contributed by atoms with van der Waals surface area (Å²) in [4.78, 5) is 36.9. The number of anilines is 1. The normalized spacial score (nSPS) is 18.4. The van der Waals surface area contributed by atoms with Gasteiger partial charge in [-0.2, -0.15) is 0 Å². The SMILES string of the molecule is CCC(CC)CN1CCN(c2cccc3c2C(=O)N(C(C)c2nccs2)C3=O)CC1. The van der Waals surface area contributed by atoms with E-state index < -0.39 is 0 Å². The topological polar surface area (TPSA) is 56.8 Å². The van der Waals surface area contributed by atoms with Crippen molar-refractivity contribution in [3.63, 3.8) is 0 Å². The summed E-state index contributed by atoms with van der Waals surface area (Å²) < 4.78 is 0. The first-order valence-corrected chi connectivity index (χ1v) is 11.8. The van der Waals surface area contributed by atoms with Gasteiger partial charge in [-0.15, -0.1) is 11.3 Å². The van der Waals surface area contributed by atoms with Crippen molar-refractivity contribution in [1.82, 2.24) is 14.8 Å². The Morgan fingerprint density at radius 2 is 1.80 bits per heavy atom. The van der Waals surface area contributed by atoms with E-state index in [-0.39, 0.29) is 17.9 Å². The van der Waals surface area contributed by atoms with Crippen LogP contribution in [0.15, 0.2) is 29.8 Å². The molecule has 1 atom stereocenters. The van der Waals surface area contributed by atoms with Crippen molar-refractivity contribution in [1.29, 1.82) is 0 Å². The van der Waals surface area contributed by atoms with Gasteiger partial charge >= 0.3 is 0 Å². The van der Waals surface area contributed by atoms with Crippen molar-refractivity contribution in [2.45, 2.75) is 39.7 Å². The van der Waals surface area contributed by atoms with Crippen LogP contribution in [-0.4, -0.2) is 59.3 Å². The molecule has 2 amide bonds. The number of rotatable bonds is 7. The lowest BCUT2D eigenvalue weighted by Crippen LogP contribution is -2.48. The molecule has 1 aromatic carbocycles. The van der Waals surface area contributed by atoms with E-state index in [4.69, 9.17) is 0 Å². The Kier molecular flexibility index (Phi) is 6.20. The zero-order valence-corrected chi connectivity index (χ0v) is 18.8.